The highest BCUT2D eigenvalue weighted by atomic mass is 16.6. The van der Waals surface area contributed by atoms with Gasteiger partial charge in [0.05, 0.1) is 0 Å². The number of benzene rings is 2. The third-order valence-corrected chi connectivity index (χ3v) is 6.70. The van der Waals surface area contributed by atoms with Gasteiger partial charge in [0.15, 0.2) is 0 Å². The van der Waals surface area contributed by atoms with E-state index in [1.54, 1.807) is 52.0 Å². The number of amides is 5. The van der Waals surface area contributed by atoms with Crippen LogP contribution in [0, 0.1) is 0 Å². The topological polar surface area (TPSA) is 125 Å². The van der Waals surface area contributed by atoms with Crippen molar-refractivity contribution in [2.75, 3.05) is 6.54 Å². The van der Waals surface area contributed by atoms with Crippen LogP contribution in [0.25, 0.3) is 0 Å². The molecule has 0 saturated carbocycles. The standard InChI is InChI=1S/C29H34N4O6/c1-5-32(28(38)39-29(2,3)4)24(19-9-7-6-8-10-19)26(36)30-16-18-11-12-21-20(15-18)17-33(27(21)37)22-13-14-23(34)31-25(22)35/h6-12,15,22,24H,5,13-14,16-17H2,1-4H3,(H,30,36)(H,31,34,35)/t22?,24-/m0/s1. The summed E-state index contributed by atoms with van der Waals surface area (Å²) in [6, 6.07) is 12.7. The molecule has 10 heteroatoms. The smallest absolute Gasteiger partial charge is 0.411 e. The summed E-state index contributed by atoms with van der Waals surface area (Å²) in [6.07, 6.45) is -0.104. The van der Waals surface area contributed by atoms with Crippen molar-refractivity contribution < 1.29 is 28.7 Å². The molecule has 1 fully saturated rings. The zero-order valence-corrected chi connectivity index (χ0v) is 22.7. The van der Waals surface area contributed by atoms with E-state index in [0.717, 1.165) is 11.1 Å². The minimum absolute atomic E-state index is 0.175. The molecule has 0 aliphatic carbocycles. The van der Waals surface area contributed by atoms with Gasteiger partial charge >= 0.3 is 6.09 Å². The van der Waals surface area contributed by atoms with Gasteiger partial charge < -0.3 is 15.0 Å². The Kier molecular flexibility index (Phi) is 8.03. The number of carbonyl (C=O) groups is 5. The number of likely N-dealkylation sites (N-methyl/N-ethyl adjacent to an activating group) is 1. The van der Waals surface area contributed by atoms with E-state index in [1.165, 1.54) is 9.80 Å². The highest BCUT2D eigenvalue weighted by Gasteiger charge is 2.39. The second-order valence-corrected chi connectivity index (χ2v) is 10.7. The number of imide groups is 1. The molecule has 2 heterocycles. The normalized spacial score (nSPS) is 17.8. The molecule has 2 atom stereocenters. The summed E-state index contributed by atoms with van der Waals surface area (Å²) >= 11 is 0. The lowest BCUT2D eigenvalue weighted by molar-refractivity contribution is -0.137. The summed E-state index contributed by atoms with van der Waals surface area (Å²) in [5.41, 5.74) is 1.96. The minimum atomic E-state index is -0.898. The quantitative estimate of drug-likeness (QED) is 0.526. The molecule has 1 saturated heterocycles. The first kappa shape index (κ1) is 27.8. The number of hydrogen-bond acceptors (Lipinski definition) is 6. The Morgan fingerprint density at radius 1 is 1.13 bits per heavy atom. The van der Waals surface area contributed by atoms with Crippen LogP contribution in [0.5, 0.6) is 0 Å². The van der Waals surface area contributed by atoms with Gasteiger partial charge in [-0.2, -0.15) is 0 Å². The number of carbonyl (C=O) groups excluding carboxylic acids is 5. The zero-order chi connectivity index (χ0) is 28.3. The van der Waals surface area contributed by atoms with Crippen molar-refractivity contribution in [3.05, 3.63) is 70.8 Å². The highest BCUT2D eigenvalue weighted by molar-refractivity contribution is 6.05. The number of nitrogens with one attached hydrogen (secondary N) is 2. The van der Waals surface area contributed by atoms with Crippen molar-refractivity contribution in [1.82, 2.24) is 20.4 Å². The molecular weight excluding hydrogens is 500 g/mol. The molecule has 2 aliphatic rings. The van der Waals surface area contributed by atoms with E-state index in [2.05, 4.69) is 10.6 Å². The van der Waals surface area contributed by atoms with Crippen LogP contribution in [0.15, 0.2) is 48.5 Å². The molecule has 2 aliphatic heterocycles. The van der Waals surface area contributed by atoms with Crippen molar-refractivity contribution in [3.8, 4) is 0 Å². The maximum absolute atomic E-state index is 13.5. The molecule has 2 N–H and O–H groups in total. The Bertz CT molecular complexity index is 1290. The molecule has 0 radical (unpaired) electrons. The van der Waals surface area contributed by atoms with E-state index in [0.29, 0.717) is 17.5 Å². The lowest BCUT2D eigenvalue weighted by Gasteiger charge is -2.32. The average Bonchev–Trinajstić information content (AvgIpc) is 3.20. The summed E-state index contributed by atoms with van der Waals surface area (Å²) in [6.45, 7) is 7.80. The molecule has 0 bridgehead atoms. The second-order valence-electron chi connectivity index (χ2n) is 10.7. The van der Waals surface area contributed by atoms with Gasteiger partial charge in [0, 0.05) is 31.6 Å². The molecule has 10 nitrogen and oxygen atoms in total. The van der Waals surface area contributed by atoms with Crippen molar-refractivity contribution in [2.45, 2.75) is 71.3 Å². The van der Waals surface area contributed by atoms with Gasteiger partial charge in [-0.1, -0.05) is 42.5 Å². The fourth-order valence-corrected chi connectivity index (χ4v) is 4.87. The van der Waals surface area contributed by atoms with Crippen molar-refractivity contribution in [3.63, 3.8) is 0 Å². The van der Waals surface area contributed by atoms with Gasteiger partial charge in [0.25, 0.3) is 5.91 Å². The summed E-state index contributed by atoms with van der Waals surface area (Å²) in [5, 5.41) is 5.23. The van der Waals surface area contributed by atoms with Crippen LogP contribution < -0.4 is 10.6 Å². The molecule has 5 amide bonds. The van der Waals surface area contributed by atoms with E-state index in [1.807, 2.05) is 24.3 Å². The van der Waals surface area contributed by atoms with Gasteiger partial charge in [0.1, 0.15) is 17.7 Å². The Balaban J connectivity index is 1.49. The van der Waals surface area contributed by atoms with Gasteiger partial charge in [-0.05, 0) is 56.9 Å². The fourth-order valence-electron chi connectivity index (χ4n) is 4.87. The molecular formula is C29H34N4O6. The summed E-state index contributed by atoms with van der Waals surface area (Å²) in [7, 11) is 0. The lowest BCUT2D eigenvalue weighted by atomic mass is 10.0. The van der Waals surface area contributed by atoms with Gasteiger partial charge in [-0.3, -0.25) is 29.4 Å². The van der Waals surface area contributed by atoms with E-state index in [9.17, 15) is 24.0 Å². The van der Waals surface area contributed by atoms with E-state index in [4.69, 9.17) is 4.74 Å². The monoisotopic (exact) mass is 534 g/mol. The van der Waals surface area contributed by atoms with E-state index < -0.39 is 29.7 Å². The number of ether oxygens (including phenoxy) is 1. The molecule has 2 aromatic rings. The molecule has 39 heavy (non-hydrogen) atoms. The third kappa shape index (κ3) is 6.27. The van der Waals surface area contributed by atoms with Crippen LogP contribution in [-0.4, -0.2) is 57.7 Å². The van der Waals surface area contributed by atoms with Crippen molar-refractivity contribution >= 4 is 29.7 Å². The first-order valence-electron chi connectivity index (χ1n) is 13.1. The third-order valence-electron chi connectivity index (χ3n) is 6.70. The molecule has 206 valence electrons. The Morgan fingerprint density at radius 3 is 2.49 bits per heavy atom. The lowest BCUT2D eigenvalue weighted by Crippen LogP contribution is -2.52. The maximum Gasteiger partial charge on any atom is 0.411 e. The largest absolute Gasteiger partial charge is 0.444 e. The molecule has 0 spiro atoms. The second kappa shape index (κ2) is 11.3. The molecule has 4 rings (SSSR count). The summed E-state index contributed by atoms with van der Waals surface area (Å²) < 4.78 is 5.56. The first-order chi connectivity index (χ1) is 18.5. The maximum atomic E-state index is 13.5. The van der Waals surface area contributed by atoms with E-state index >= 15 is 0 Å². The minimum Gasteiger partial charge on any atom is -0.444 e. The van der Waals surface area contributed by atoms with Gasteiger partial charge in [-0.25, -0.2) is 4.79 Å². The van der Waals surface area contributed by atoms with E-state index in [-0.39, 0.29) is 43.8 Å². The first-order valence-corrected chi connectivity index (χ1v) is 13.1. The van der Waals surface area contributed by atoms with Gasteiger partial charge in [-0.15, -0.1) is 0 Å². The van der Waals surface area contributed by atoms with Crippen LogP contribution in [0.1, 0.15) is 73.6 Å². The predicted molar refractivity (Wildman–Crippen MR) is 142 cm³/mol. The van der Waals surface area contributed by atoms with Crippen LogP contribution >= 0.6 is 0 Å². The zero-order valence-electron chi connectivity index (χ0n) is 22.7. The Hall–Kier alpha value is -4.21. The molecule has 1 unspecified atom stereocenters. The predicted octanol–water partition coefficient (Wildman–Crippen LogP) is 3.06. The number of rotatable bonds is 7. The van der Waals surface area contributed by atoms with Crippen LogP contribution in [-0.2, 0) is 32.2 Å². The molecule has 2 aromatic carbocycles. The highest BCUT2D eigenvalue weighted by Crippen LogP contribution is 2.29. The Labute approximate surface area is 227 Å². The average molecular weight is 535 g/mol. The van der Waals surface area contributed by atoms with Crippen molar-refractivity contribution in [2.24, 2.45) is 0 Å². The van der Waals surface area contributed by atoms with Gasteiger partial charge in [0.2, 0.25) is 17.7 Å². The summed E-state index contributed by atoms with van der Waals surface area (Å²) in [4.78, 5) is 66.1. The SMILES string of the molecule is CCN(C(=O)OC(C)(C)C)[C@H](C(=O)NCc1ccc2c(c1)CN(C1CCC(=O)NC1=O)C2=O)c1ccccc1. The summed E-state index contributed by atoms with van der Waals surface area (Å²) in [5.74, 6) is -1.41. The molecule has 0 aromatic heterocycles. The van der Waals surface area contributed by atoms with Crippen LogP contribution in [0.4, 0.5) is 4.79 Å². The van der Waals surface area contributed by atoms with Crippen LogP contribution in [0.2, 0.25) is 0 Å². The number of fused-ring (bicyclic) bond motifs is 1. The number of hydrogen-bond donors (Lipinski definition) is 2. The fraction of sp³-hybridized carbons (Fsp3) is 0.414. The van der Waals surface area contributed by atoms with Crippen molar-refractivity contribution in [1.29, 1.82) is 0 Å². The Morgan fingerprint density at radius 2 is 1.85 bits per heavy atom. The number of nitrogens with zero attached hydrogens (tertiary/aromatic N) is 2. The number of piperidine rings is 1. The van der Waals surface area contributed by atoms with Crippen LogP contribution in [0.3, 0.4) is 0 Å².